The summed E-state index contributed by atoms with van der Waals surface area (Å²) in [6.45, 7) is 4.56. The van der Waals surface area contributed by atoms with Crippen LogP contribution in [0.3, 0.4) is 0 Å². The van der Waals surface area contributed by atoms with Crippen molar-refractivity contribution in [2.45, 2.75) is 45.7 Å². The lowest BCUT2D eigenvalue weighted by atomic mass is 10.1. The molecule has 0 amide bonds. The van der Waals surface area contributed by atoms with E-state index in [2.05, 4.69) is 12.2 Å². The molecule has 4 heteroatoms. The average molecular weight is 270 g/mol. The maximum absolute atomic E-state index is 11.1. The molecule has 2 N–H and O–H groups in total. The Kier molecular flexibility index (Phi) is 6.16. The molecule has 0 aromatic heterocycles. The van der Waals surface area contributed by atoms with Crippen LogP contribution < -0.4 is 5.32 Å². The van der Waals surface area contributed by atoms with Crippen molar-refractivity contribution in [3.63, 3.8) is 0 Å². The third-order valence-corrected chi connectivity index (χ3v) is 3.02. The Hall–Kier alpha value is -1.06. The first-order chi connectivity index (χ1) is 8.52. The number of carboxylic acids is 1. The number of benzene rings is 1. The summed E-state index contributed by atoms with van der Waals surface area (Å²) >= 11 is 5.97. The van der Waals surface area contributed by atoms with Gasteiger partial charge in [0.2, 0.25) is 0 Å². The summed E-state index contributed by atoms with van der Waals surface area (Å²) < 4.78 is 0. The Morgan fingerprint density at radius 2 is 2.17 bits per heavy atom. The van der Waals surface area contributed by atoms with E-state index in [-0.39, 0.29) is 0 Å². The molecule has 0 radical (unpaired) electrons. The lowest BCUT2D eigenvalue weighted by Crippen LogP contribution is -2.36. The summed E-state index contributed by atoms with van der Waals surface area (Å²) in [5, 5.41) is 12.9. The molecule has 0 saturated heterocycles. The fourth-order valence-electron chi connectivity index (χ4n) is 1.88. The van der Waals surface area contributed by atoms with E-state index in [9.17, 15) is 4.79 Å². The first kappa shape index (κ1) is 15.0. The predicted octanol–water partition coefficient (Wildman–Crippen LogP) is 3.38. The Bertz CT molecular complexity index is 387. The highest BCUT2D eigenvalue weighted by Gasteiger charge is 2.15. The van der Waals surface area contributed by atoms with Crippen LogP contribution in [-0.2, 0) is 11.3 Å². The van der Waals surface area contributed by atoms with Gasteiger partial charge in [-0.15, -0.1) is 0 Å². The normalized spacial score (nSPS) is 12.4. The molecule has 0 fully saturated rings. The molecular weight excluding hydrogens is 250 g/mol. The number of halogens is 1. The molecule has 0 aliphatic heterocycles. The molecule has 1 aromatic rings. The SMILES string of the molecule is CCCCC(NCc1cc(C)cc(Cl)c1)C(=O)O. The minimum absolute atomic E-state index is 0.482. The minimum Gasteiger partial charge on any atom is -0.480 e. The van der Waals surface area contributed by atoms with Gasteiger partial charge in [-0.1, -0.05) is 37.4 Å². The molecular formula is C14H20ClNO2. The van der Waals surface area contributed by atoms with Crippen LogP contribution in [0.2, 0.25) is 5.02 Å². The number of hydrogen-bond donors (Lipinski definition) is 2. The van der Waals surface area contributed by atoms with Crippen molar-refractivity contribution in [1.29, 1.82) is 0 Å². The highest BCUT2D eigenvalue weighted by molar-refractivity contribution is 6.30. The summed E-state index contributed by atoms with van der Waals surface area (Å²) in [6, 6.07) is 5.28. The van der Waals surface area contributed by atoms with E-state index in [0.717, 1.165) is 24.0 Å². The standard InChI is InChI=1S/C14H20ClNO2/c1-3-4-5-13(14(17)18)16-9-11-6-10(2)7-12(15)8-11/h6-8,13,16H,3-5,9H2,1-2H3,(H,17,18). The molecule has 1 rings (SSSR count). The van der Waals surface area contributed by atoms with Crippen molar-refractivity contribution in [3.8, 4) is 0 Å². The van der Waals surface area contributed by atoms with Crippen LogP contribution >= 0.6 is 11.6 Å². The molecule has 0 heterocycles. The molecule has 1 atom stereocenters. The molecule has 0 saturated carbocycles. The highest BCUT2D eigenvalue weighted by Crippen LogP contribution is 2.14. The quantitative estimate of drug-likeness (QED) is 0.798. The van der Waals surface area contributed by atoms with Gasteiger partial charge in [0.1, 0.15) is 6.04 Å². The van der Waals surface area contributed by atoms with Gasteiger partial charge in [-0.2, -0.15) is 0 Å². The number of hydrogen-bond acceptors (Lipinski definition) is 2. The number of aliphatic carboxylic acids is 1. The number of rotatable bonds is 7. The second-order valence-electron chi connectivity index (χ2n) is 4.55. The second kappa shape index (κ2) is 7.39. The molecule has 0 aliphatic carbocycles. The monoisotopic (exact) mass is 269 g/mol. The van der Waals surface area contributed by atoms with E-state index < -0.39 is 12.0 Å². The van der Waals surface area contributed by atoms with E-state index >= 15 is 0 Å². The Morgan fingerprint density at radius 3 is 2.72 bits per heavy atom. The largest absolute Gasteiger partial charge is 0.480 e. The van der Waals surface area contributed by atoms with E-state index in [4.69, 9.17) is 16.7 Å². The predicted molar refractivity (Wildman–Crippen MR) is 74.0 cm³/mol. The van der Waals surface area contributed by atoms with Gasteiger partial charge in [0.25, 0.3) is 0 Å². The van der Waals surface area contributed by atoms with Gasteiger partial charge < -0.3 is 10.4 Å². The van der Waals surface area contributed by atoms with Crippen molar-refractivity contribution in [2.24, 2.45) is 0 Å². The van der Waals surface area contributed by atoms with Gasteiger partial charge in [-0.3, -0.25) is 4.79 Å². The van der Waals surface area contributed by atoms with E-state index in [1.54, 1.807) is 0 Å². The van der Waals surface area contributed by atoms with Crippen LogP contribution in [-0.4, -0.2) is 17.1 Å². The number of nitrogens with one attached hydrogen (secondary N) is 1. The third-order valence-electron chi connectivity index (χ3n) is 2.80. The van der Waals surface area contributed by atoms with Gasteiger partial charge >= 0.3 is 5.97 Å². The fourth-order valence-corrected chi connectivity index (χ4v) is 2.19. The van der Waals surface area contributed by atoms with Crippen LogP contribution in [0.4, 0.5) is 0 Å². The van der Waals surface area contributed by atoms with Crippen LogP contribution in [0.1, 0.15) is 37.3 Å². The first-order valence-corrected chi connectivity index (χ1v) is 6.63. The van der Waals surface area contributed by atoms with Crippen molar-refractivity contribution < 1.29 is 9.90 Å². The number of aryl methyl sites for hydroxylation is 1. The maximum atomic E-state index is 11.1. The van der Waals surface area contributed by atoms with Gasteiger partial charge in [-0.25, -0.2) is 0 Å². The van der Waals surface area contributed by atoms with Gasteiger partial charge in [-0.05, 0) is 36.6 Å². The zero-order valence-corrected chi connectivity index (χ0v) is 11.6. The van der Waals surface area contributed by atoms with Gasteiger partial charge in [0, 0.05) is 11.6 Å². The third kappa shape index (κ3) is 5.07. The summed E-state index contributed by atoms with van der Waals surface area (Å²) in [5.74, 6) is -0.790. The molecule has 0 spiro atoms. The van der Waals surface area contributed by atoms with Crippen LogP contribution in [0.15, 0.2) is 18.2 Å². The number of unbranched alkanes of at least 4 members (excludes halogenated alkanes) is 1. The lowest BCUT2D eigenvalue weighted by Gasteiger charge is -2.14. The molecule has 1 unspecified atom stereocenters. The fraction of sp³-hybridized carbons (Fsp3) is 0.500. The minimum atomic E-state index is -0.790. The van der Waals surface area contributed by atoms with E-state index in [1.165, 1.54) is 0 Å². The summed E-state index contributed by atoms with van der Waals surface area (Å²) in [6.07, 6.45) is 2.58. The summed E-state index contributed by atoms with van der Waals surface area (Å²) in [7, 11) is 0. The van der Waals surface area contributed by atoms with Gasteiger partial charge in [0.15, 0.2) is 0 Å². The van der Waals surface area contributed by atoms with Gasteiger partial charge in [0.05, 0.1) is 0 Å². The second-order valence-corrected chi connectivity index (χ2v) is 4.99. The highest BCUT2D eigenvalue weighted by atomic mass is 35.5. The Morgan fingerprint density at radius 1 is 1.44 bits per heavy atom. The topological polar surface area (TPSA) is 49.3 Å². The first-order valence-electron chi connectivity index (χ1n) is 6.25. The van der Waals surface area contributed by atoms with Crippen LogP contribution in [0.5, 0.6) is 0 Å². The number of carbonyl (C=O) groups is 1. The molecule has 3 nitrogen and oxygen atoms in total. The smallest absolute Gasteiger partial charge is 0.320 e. The Balaban J connectivity index is 2.58. The Labute approximate surface area is 113 Å². The molecule has 0 bridgehead atoms. The summed E-state index contributed by atoms with van der Waals surface area (Å²) in [4.78, 5) is 11.1. The molecule has 0 aliphatic rings. The van der Waals surface area contributed by atoms with Crippen molar-refractivity contribution >= 4 is 17.6 Å². The van der Waals surface area contributed by atoms with Crippen LogP contribution in [0, 0.1) is 6.92 Å². The zero-order chi connectivity index (χ0) is 13.5. The lowest BCUT2D eigenvalue weighted by molar-refractivity contribution is -0.139. The van der Waals surface area contributed by atoms with Crippen molar-refractivity contribution in [1.82, 2.24) is 5.32 Å². The molecule has 18 heavy (non-hydrogen) atoms. The molecule has 1 aromatic carbocycles. The van der Waals surface area contributed by atoms with E-state index in [1.807, 2.05) is 25.1 Å². The average Bonchev–Trinajstić information content (AvgIpc) is 2.27. The van der Waals surface area contributed by atoms with Crippen LogP contribution in [0.25, 0.3) is 0 Å². The van der Waals surface area contributed by atoms with Crippen molar-refractivity contribution in [3.05, 3.63) is 34.3 Å². The number of carboxylic acid groups (broad SMARTS) is 1. The zero-order valence-electron chi connectivity index (χ0n) is 10.9. The van der Waals surface area contributed by atoms with Crippen molar-refractivity contribution in [2.75, 3.05) is 0 Å². The maximum Gasteiger partial charge on any atom is 0.320 e. The van der Waals surface area contributed by atoms with E-state index in [0.29, 0.717) is 18.0 Å². The molecule has 100 valence electrons. The summed E-state index contributed by atoms with van der Waals surface area (Å²) in [5.41, 5.74) is 2.10.